The van der Waals surface area contributed by atoms with Crippen molar-refractivity contribution in [1.29, 1.82) is 0 Å². The lowest BCUT2D eigenvalue weighted by Crippen LogP contribution is -2.01. The average molecular weight is 180 g/mol. The van der Waals surface area contributed by atoms with Gasteiger partial charge in [-0.15, -0.1) is 6.58 Å². The highest BCUT2D eigenvalue weighted by molar-refractivity contribution is 5.13. The van der Waals surface area contributed by atoms with E-state index >= 15 is 0 Å². The Bertz CT molecular complexity index is 220. The fourth-order valence-electron chi connectivity index (χ4n) is 0.664. The van der Waals surface area contributed by atoms with Crippen LogP contribution in [0.5, 0.6) is 0 Å². The van der Waals surface area contributed by atoms with Crippen LogP contribution in [0, 0.1) is 11.8 Å². The third-order valence-corrected chi connectivity index (χ3v) is 1.39. The second-order valence-electron chi connectivity index (χ2n) is 2.61. The van der Waals surface area contributed by atoms with Crippen LogP contribution in [0.4, 0.5) is 0 Å². The van der Waals surface area contributed by atoms with E-state index in [0.717, 1.165) is 6.42 Å². The van der Waals surface area contributed by atoms with E-state index in [1.165, 1.54) is 6.08 Å². The van der Waals surface area contributed by atoms with Crippen LogP contribution in [0.2, 0.25) is 0 Å². The molecule has 0 heterocycles. The summed E-state index contributed by atoms with van der Waals surface area (Å²) < 4.78 is 0. The quantitative estimate of drug-likeness (QED) is 0.505. The molecule has 0 aromatic heterocycles. The van der Waals surface area contributed by atoms with Crippen molar-refractivity contribution in [2.24, 2.45) is 0 Å². The Morgan fingerprint density at radius 3 is 2.69 bits per heavy atom. The zero-order chi connectivity index (χ0) is 10.1. The molecule has 2 heteroatoms. The van der Waals surface area contributed by atoms with Gasteiger partial charge in [0, 0.05) is 6.42 Å². The van der Waals surface area contributed by atoms with Crippen LogP contribution in [-0.4, -0.2) is 22.4 Å². The van der Waals surface area contributed by atoms with Crippen LogP contribution in [-0.2, 0) is 0 Å². The fraction of sp³-hybridized carbons (Fsp3) is 0.455. The first-order chi connectivity index (χ1) is 6.20. The van der Waals surface area contributed by atoms with Gasteiger partial charge in [0.25, 0.3) is 0 Å². The van der Waals surface area contributed by atoms with Gasteiger partial charge in [0.05, 0.1) is 6.10 Å². The molecule has 0 radical (unpaired) electrons. The number of aliphatic hydroxyl groups excluding tert-OH is 2. The molecule has 0 aromatic carbocycles. The maximum absolute atomic E-state index is 9.20. The van der Waals surface area contributed by atoms with Crippen LogP contribution >= 0.6 is 0 Å². The predicted octanol–water partition coefficient (Wildman–Crippen LogP) is 1.25. The number of hydrogen-bond acceptors (Lipinski definition) is 2. The van der Waals surface area contributed by atoms with E-state index < -0.39 is 12.2 Å². The molecular weight excluding hydrogens is 164 g/mol. The summed E-state index contributed by atoms with van der Waals surface area (Å²) in [5, 5.41) is 18.2. The van der Waals surface area contributed by atoms with E-state index in [4.69, 9.17) is 5.11 Å². The van der Waals surface area contributed by atoms with E-state index in [-0.39, 0.29) is 0 Å². The average Bonchev–Trinajstić information content (AvgIpc) is 2.14. The van der Waals surface area contributed by atoms with Gasteiger partial charge in [0.1, 0.15) is 6.10 Å². The smallest absolute Gasteiger partial charge is 0.133 e. The monoisotopic (exact) mass is 180 g/mol. The Morgan fingerprint density at radius 2 is 2.15 bits per heavy atom. The summed E-state index contributed by atoms with van der Waals surface area (Å²) in [4.78, 5) is 0. The number of aliphatic hydroxyl groups is 2. The fourth-order valence-corrected chi connectivity index (χ4v) is 0.664. The van der Waals surface area contributed by atoms with Crippen molar-refractivity contribution in [1.82, 2.24) is 0 Å². The van der Waals surface area contributed by atoms with Crippen LogP contribution in [0.15, 0.2) is 24.8 Å². The first-order valence-corrected chi connectivity index (χ1v) is 4.34. The minimum absolute atomic E-state index is 0.320. The third kappa shape index (κ3) is 7.32. The summed E-state index contributed by atoms with van der Waals surface area (Å²) in [7, 11) is 0. The maximum atomic E-state index is 9.20. The van der Waals surface area contributed by atoms with Crippen molar-refractivity contribution in [2.75, 3.05) is 0 Å². The van der Waals surface area contributed by atoms with Gasteiger partial charge in [-0.25, -0.2) is 0 Å². The van der Waals surface area contributed by atoms with Crippen LogP contribution in [0.1, 0.15) is 19.8 Å². The van der Waals surface area contributed by atoms with E-state index in [1.54, 1.807) is 6.08 Å². The summed E-state index contributed by atoms with van der Waals surface area (Å²) in [6, 6.07) is 0. The molecule has 2 atom stereocenters. The summed E-state index contributed by atoms with van der Waals surface area (Å²) in [5.74, 6) is 5.27. The molecule has 72 valence electrons. The molecule has 0 fully saturated rings. The lowest BCUT2D eigenvalue weighted by atomic mass is 10.2. The lowest BCUT2D eigenvalue weighted by Gasteiger charge is -1.96. The molecule has 2 unspecified atom stereocenters. The molecule has 0 saturated heterocycles. The predicted molar refractivity (Wildman–Crippen MR) is 54.0 cm³/mol. The number of rotatable bonds is 4. The van der Waals surface area contributed by atoms with Gasteiger partial charge in [0.15, 0.2) is 0 Å². The van der Waals surface area contributed by atoms with Gasteiger partial charge in [-0.2, -0.15) is 0 Å². The largest absolute Gasteiger partial charge is 0.388 e. The van der Waals surface area contributed by atoms with Gasteiger partial charge in [-0.1, -0.05) is 30.9 Å². The van der Waals surface area contributed by atoms with E-state index in [9.17, 15) is 5.11 Å². The highest BCUT2D eigenvalue weighted by Gasteiger charge is 1.93. The van der Waals surface area contributed by atoms with Gasteiger partial charge >= 0.3 is 0 Å². The van der Waals surface area contributed by atoms with Gasteiger partial charge in [-0.3, -0.25) is 0 Å². The Labute approximate surface area is 79.6 Å². The van der Waals surface area contributed by atoms with Crippen LogP contribution < -0.4 is 0 Å². The number of hydrogen-bond donors (Lipinski definition) is 2. The van der Waals surface area contributed by atoms with Crippen molar-refractivity contribution < 1.29 is 10.2 Å². The maximum Gasteiger partial charge on any atom is 0.133 e. The molecule has 0 saturated carbocycles. The molecule has 2 nitrogen and oxygen atoms in total. The Hall–Kier alpha value is -1.04. The van der Waals surface area contributed by atoms with Crippen molar-refractivity contribution in [3.05, 3.63) is 24.8 Å². The Morgan fingerprint density at radius 1 is 1.46 bits per heavy atom. The SMILES string of the molecule is C=CC(O)CC#CC(O)/C=C/CC. The summed E-state index contributed by atoms with van der Waals surface area (Å²) >= 11 is 0. The second kappa shape index (κ2) is 7.60. The van der Waals surface area contributed by atoms with E-state index in [0.29, 0.717) is 6.42 Å². The summed E-state index contributed by atoms with van der Waals surface area (Å²) in [6.07, 6.45) is 4.78. The Kier molecular flexibility index (Phi) is 6.99. The topological polar surface area (TPSA) is 40.5 Å². The zero-order valence-electron chi connectivity index (χ0n) is 7.90. The molecule has 0 spiro atoms. The standard InChI is InChI=1S/C11H16O2/c1-3-5-7-11(13)9-6-8-10(12)4-2/h4-5,7,10-13H,2-3,8H2,1H3/b7-5+. The zero-order valence-corrected chi connectivity index (χ0v) is 7.90. The molecule has 0 bridgehead atoms. The molecule has 0 amide bonds. The lowest BCUT2D eigenvalue weighted by molar-refractivity contribution is 0.229. The highest BCUT2D eigenvalue weighted by Crippen LogP contribution is 1.91. The molecular formula is C11H16O2. The normalized spacial score (nSPS) is 14.7. The molecule has 0 rings (SSSR count). The first kappa shape index (κ1) is 12.0. The third-order valence-electron chi connectivity index (χ3n) is 1.39. The molecule has 0 aliphatic rings. The van der Waals surface area contributed by atoms with Gasteiger partial charge in [0.2, 0.25) is 0 Å². The minimum atomic E-state index is -0.725. The van der Waals surface area contributed by atoms with Crippen molar-refractivity contribution in [3.63, 3.8) is 0 Å². The van der Waals surface area contributed by atoms with Crippen molar-refractivity contribution in [2.45, 2.75) is 32.0 Å². The summed E-state index contributed by atoms with van der Waals surface area (Å²) in [6.45, 7) is 5.40. The van der Waals surface area contributed by atoms with Crippen LogP contribution in [0.25, 0.3) is 0 Å². The summed E-state index contributed by atoms with van der Waals surface area (Å²) in [5.41, 5.74) is 0. The van der Waals surface area contributed by atoms with Crippen LogP contribution in [0.3, 0.4) is 0 Å². The first-order valence-electron chi connectivity index (χ1n) is 4.34. The highest BCUT2D eigenvalue weighted by atomic mass is 16.3. The van der Waals surface area contributed by atoms with E-state index in [1.807, 2.05) is 13.0 Å². The molecule has 2 N–H and O–H groups in total. The molecule has 0 aliphatic carbocycles. The molecule has 0 aromatic rings. The number of allylic oxidation sites excluding steroid dienone is 1. The molecule has 13 heavy (non-hydrogen) atoms. The van der Waals surface area contributed by atoms with Crippen molar-refractivity contribution in [3.8, 4) is 11.8 Å². The minimum Gasteiger partial charge on any atom is -0.388 e. The van der Waals surface area contributed by atoms with E-state index in [2.05, 4.69) is 18.4 Å². The van der Waals surface area contributed by atoms with Gasteiger partial charge < -0.3 is 10.2 Å². The molecule has 0 aliphatic heterocycles. The Balaban J connectivity index is 3.81. The van der Waals surface area contributed by atoms with Crippen molar-refractivity contribution >= 4 is 0 Å². The second-order valence-corrected chi connectivity index (χ2v) is 2.61. The van der Waals surface area contributed by atoms with Gasteiger partial charge in [-0.05, 0) is 12.5 Å².